The minimum absolute atomic E-state index is 0.291. The van der Waals surface area contributed by atoms with E-state index in [9.17, 15) is 35.9 Å². The lowest BCUT2D eigenvalue weighted by Gasteiger charge is -2.12. The van der Waals surface area contributed by atoms with Crippen molar-refractivity contribution in [2.45, 2.75) is 12.4 Å². The number of nitrogens with zero attached hydrogens (tertiary/aromatic N) is 1. The molecule has 2 aromatic carbocycles. The number of hydrogen-bond acceptors (Lipinski definition) is 3. The Bertz CT molecular complexity index is 977. The Morgan fingerprint density at radius 2 is 1.66 bits per heavy atom. The summed E-state index contributed by atoms with van der Waals surface area (Å²) < 4.78 is 76.7. The second-order valence-corrected chi connectivity index (χ2v) is 5.68. The number of nitrogens with one attached hydrogen (secondary N) is 2. The second kappa shape index (κ2) is 8.22. The number of Topliss-reactive ketones (excluding diaryl/α,β-unsaturated/α-hetero) is 1. The normalized spacial score (nSPS) is 11.5. The first-order valence-electron chi connectivity index (χ1n) is 7.78. The molecular formula is C18H11F6N3O2. The highest BCUT2D eigenvalue weighted by Crippen LogP contribution is 2.33. The van der Waals surface area contributed by atoms with Crippen molar-refractivity contribution in [3.63, 3.8) is 0 Å². The molecule has 29 heavy (non-hydrogen) atoms. The first-order valence-corrected chi connectivity index (χ1v) is 7.78. The van der Waals surface area contributed by atoms with Gasteiger partial charge in [0.2, 0.25) is 0 Å². The van der Waals surface area contributed by atoms with Crippen molar-refractivity contribution in [3.05, 3.63) is 64.7 Å². The molecule has 0 unspecified atom stereocenters. The molecule has 0 saturated heterocycles. The molecule has 0 aliphatic rings. The zero-order valence-electron chi connectivity index (χ0n) is 14.3. The zero-order valence-corrected chi connectivity index (χ0v) is 14.3. The lowest BCUT2D eigenvalue weighted by atomic mass is 10.1. The fourth-order valence-electron chi connectivity index (χ4n) is 2.26. The van der Waals surface area contributed by atoms with Crippen LogP contribution in [0.5, 0.6) is 0 Å². The molecule has 0 bridgehead atoms. The molecule has 2 amide bonds. The van der Waals surface area contributed by atoms with E-state index in [1.165, 1.54) is 6.07 Å². The van der Waals surface area contributed by atoms with E-state index in [1.807, 2.05) is 5.32 Å². The molecule has 0 heterocycles. The highest BCUT2D eigenvalue weighted by Gasteiger charge is 2.34. The van der Waals surface area contributed by atoms with E-state index in [0.29, 0.717) is 12.1 Å². The van der Waals surface area contributed by atoms with Gasteiger partial charge in [-0.1, -0.05) is 12.1 Å². The van der Waals surface area contributed by atoms with Crippen LogP contribution in [0, 0.1) is 11.3 Å². The van der Waals surface area contributed by atoms with Gasteiger partial charge in [-0.25, -0.2) is 4.79 Å². The third kappa shape index (κ3) is 5.71. The molecule has 2 aromatic rings. The molecule has 0 spiro atoms. The predicted molar refractivity (Wildman–Crippen MR) is 89.0 cm³/mol. The van der Waals surface area contributed by atoms with Crippen LogP contribution in [0.2, 0.25) is 0 Å². The SMILES string of the molecule is N#Cc1ccc(NC(=O)NCC(=O)c2cccc(C(F)(F)F)c2)cc1C(F)(F)F. The maximum absolute atomic E-state index is 12.9. The standard InChI is InChI=1S/C18H11F6N3O2/c19-17(20,21)12-3-1-2-10(6-12)15(28)9-26-16(29)27-13-5-4-11(8-25)14(7-13)18(22,23)24/h1-7H,9H2,(H2,26,27,29). The summed E-state index contributed by atoms with van der Waals surface area (Å²) in [7, 11) is 0. The van der Waals surface area contributed by atoms with Crippen molar-refractivity contribution in [2.24, 2.45) is 0 Å². The van der Waals surface area contributed by atoms with Gasteiger partial charge in [-0.3, -0.25) is 4.79 Å². The molecule has 5 nitrogen and oxygen atoms in total. The Morgan fingerprint density at radius 1 is 0.966 bits per heavy atom. The van der Waals surface area contributed by atoms with E-state index in [4.69, 9.17) is 5.26 Å². The van der Waals surface area contributed by atoms with Gasteiger partial charge in [0, 0.05) is 11.3 Å². The van der Waals surface area contributed by atoms with Crippen molar-refractivity contribution < 1.29 is 35.9 Å². The molecule has 0 saturated carbocycles. The van der Waals surface area contributed by atoms with Crippen LogP contribution in [0.4, 0.5) is 36.8 Å². The molecule has 2 N–H and O–H groups in total. The third-order valence-electron chi connectivity index (χ3n) is 3.62. The molecule has 0 fully saturated rings. The van der Waals surface area contributed by atoms with Crippen LogP contribution in [-0.2, 0) is 12.4 Å². The van der Waals surface area contributed by atoms with Gasteiger partial charge >= 0.3 is 18.4 Å². The number of anilines is 1. The fourth-order valence-corrected chi connectivity index (χ4v) is 2.26. The van der Waals surface area contributed by atoms with Gasteiger partial charge in [-0.2, -0.15) is 31.6 Å². The smallest absolute Gasteiger partial charge is 0.330 e. The van der Waals surface area contributed by atoms with Crippen LogP contribution in [0.25, 0.3) is 0 Å². The van der Waals surface area contributed by atoms with Crippen molar-refractivity contribution in [2.75, 3.05) is 11.9 Å². The average molecular weight is 415 g/mol. The summed E-state index contributed by atoms with van der Waals surface area (Å²) in [6.07, 6.45) is -9.47. The molecule has 0 aliphatic carbocycles. The Hall–Kier alpha value is -3.55. The molecular weight excluding hydrogens is 404 g/mol. The van der Waals surface area contributed by atoms with E-state index in [1.54, 1.807) is 0 Å². The van der Waals surface area contributed by atoms with Gasteiger partial charge in [0.25, 0.3) is 0 Å². The number of rotatable bonds is 4. The minimum Gasteiger partial charge on any atom is -0.330 e. The first kappa shape index (κ1) is 21.7. The summed E-state index contributed by atoms with van der Waals surface area (Å²) >= 11 is 0. The highest BCUT2D eigenvalue weighted by molar-refractivity contribution is 6.00. The molecule has 11 heteroatoms. The van der Waals surface area contributed by atoms with Crippen LogP contribution in [0.3, 0.4) is 0 Å². The van der Waals surface area contributed by atoms with Crippen LogP contribution >= 0.6 is 0 Å². The van der Waals surface area contributed by atoms with Crippen molar-refractivity contribution in [1.29, 1.82) is 5.26 Å². The number of carbonyl (C=O) groups is 2. The molecule has 2 rings (SSSR count). The van der Waals surface area contributed by atoms with Crippen LogP contribution < -0.4 is 10.6 Å². The predicted octanol–water partition coefficient (Wildman–Crippen LogP) is 4.60. The van der Waals surface area contributed by atoms with E-state index in [2.05, 4.69) is 5.32 Å². The number of hydrogen-bond donors (Lipinski definition) is 2. The minimum atomic E-state index is -4.82. The summed E-state index contributed by atoms with van der Waals surface area (Å²) in [4.78, 5) is 23.7. The van der Waals surface area contributed by atoms with E-state index in [0.717, 1.165) is 30.3 Å². The van der Waals surface area contributed by atoms with Crippen molar-refractivity contribution >= 4 is 17.5 Å². The zero-order chi connectivity index (χ0) is 21.8. The number of carbonyl (C=O) groups excluding carboxylic acids is 2. The maximum atomic E-state index is 12.9. The van der Waals surface area contributed by atoms with Gasteiger partial charge < -0.3 is 10.6 Å². The summed E-state index contributed by atoms with van der Waals surface area (Å²) in [5, 5.41) is 12.8. The summed E-state index contributed by atoms with van der Waals surface area (Å²) in [5.74, 6) is -0.831. The van der Waals surface area contributed by atoms with E-state index >= 15 is 0 Å². The second-order valence-electron chi connectivity index (χ2n) is 5.68. The number of alkyl halides is 6. The quantitative estimate of drug-likeness (QED) is 0.566. The summed E-state index contributed by atoms with van der Waals surface area (Å²) in [6.45, 7) is -0.685. The van der Waals surface area contributed by atoms with E-state index in [-0.39, 0.29) is 11.3 Å². The lowest BCUT2D eigenvalue weighted by Crippen LogP contribution is -2.33. The average Bonchev–Trinajstić information content (AvgIpc) is 2.64. The number of halogens is 6. The molecule has 0 atom stereocenters. The van der Waals surface area contributed by atoms with Gasteiger partial charge in [0.05, 0.1) is 29.3 Å². The monoisotopic (exact) mass is 415 g/mol. The lowest BCUT2D eigenvalue weighted by molar-refractivity contribution is -0.138. The molecule has 152 valence electrons. The first-order chi connectivity index (χ1) is 13.4. The Labute approximate surface area is 159 Å². The van der Waals surface area contributed by atoms with Crippen LogP contribution in [-0.4, -0.2) is 18.4 Å². The highest BCUT2D eigenvalue weighted by atomic mass is 19.4. The molecule has 0 aromatic heterocycles. The Morgan fingerprint density at radius 3 is 2.24 bits per heavy atom. The number of amides is 2. The van der Waals surface area contributed by atoms with Crippen LogP contribution in [0.1, 0.15) is 27.0 Å². The summed E-state index contributed by atoms with van der Waals surface area (Å²) in [5.41, 5.74) is -3.51. The fraction of sp³-hybridized carbons (Fsp3) is 0.167. The Balaban J connectivity index is 2.04. The van der Waals surface area contributed by atoms with Gasteiger partial charge in [0.1, 0.15) is 0 Å². The Kier molecular flexibility index (Phi) is 6.16. The largest absolute Gasteiger partial charge is 0.417 e. The van der Waals surface area contributed by atoms with E-state index < -0.39 is 47.4 Å². The van der Waals surface area contributed by atoms with Crippen molar-refractivity contribution in [1.82, 2.24) is 5.32 Å². The topological polar surface area (TPSA) is 82.0 Å². The third-order valence-corrected chi connectivity index (χ3v) is 3.62. The number of nitriles is 1. The van der Waals surface area contributed by atoms with Crippen molar-refractivity contribution in [3.8, 4) is 6.07 Å². The number of benzene rings is 2. The maximum Gasteiger partial charge on any atom is 0.417 e. The molecule has 0 radical (unpaired) electrons. The molecule has 0 aliphatic heterocycles. The van der Waals surface area contributed by atoms with Crippen LogP contribution in [0.15, 0.2) is 42.5 Å². The van der Waals surface area contributed by atoms with Gasteiger partial charge in [0.15, 0.2) is 5.78 Å². The van der Waals surface area contributed by atoms with Gasteiger partial charge in [-0.05, 0) is 30.3 Å². The number of urea groups is 1. The number of ketones is 1. The van der Waals surface area contributed by atoms with Gasteiger partial charge in [-0.15, -0.1) is 0 Å². The summed E-state index contributed by atoms with van der Waals surface area (Å²) in [6, 6.07) is 6.37.